The van der Waals surface area contributed by atoms with Gasteiger partial charge >= 0.3 is 5.97 Å². The van der Waals surface area contributed by atoms with Gasteiger partial charge < -0.3 is 9.84 Å². The molecule has 0 bridgehead atoms. The molecule has 0 saturated heterocycles. The Kier molecular flexibility index (Phi) is 4.58. The highest BCUT2D eigenvalue weighted by molar-refractivity contribution is 5.85. The predicted molar refractivity (Wildman–Crippen MR) is 80.6 cm³/mol. The minimum atomic E-state index is -1.04. The van der Waals surface area contributed by atoms with Crippen molar-refractivity contribution in [3.8, 4) is 5.75 Å². The predicted octanol–water partition coefficient (Wildman–Crippen LogP) is 3.86. The number of ether oxygens (including phenoxy) is 1. The Balaban J connectivity index is 2.20. The third-order valence-electron chi connectivity index (χ3n) is 3.23. The normalized spacial score (nSPS) is 12.2. The van der Waals surface area contributed by atoms with Crippen LogP contribution in [-0.2, 0) is 0 Å². The van der Waals surface area contributed by atoms with Crippen LogP contribution in [0.4, 0.5) is 0 Å². The molecule has 1 aromatic carbocycles. The maximum Gasteiger partial charge on any atom is 0.354 e. The number of pyridine rings is 1. The molecule has 1 atom stereocenters. The molecule has 110 valence electrons. The summed E-state index contributed by atoms with van der Waals surface area (Å²) >= 11 is 0. The van der Waals surface area contributed by atoms with Crippen LogP contribution in [-0.4, -0.2) is 16.1 Å². The van der Waals surface area contributed by atoms with Crippen LogP contribution >= 0.6 is 0 Å². The van der Waals surface area contributed by atoms with Gasteiger partial charge in [0.15, 0.2) is 0 Å². The highest BCUT2D eigenvalue weighted by Gasteiger charge is 2.18. The number of carboxylic acids is 1. The molecule has 0 radical (unpaired) electrons. The van der Waals surface area contributed by atoms with Crippen molar-refractivity contribution in [2.75, 3.05) is 0 Å². The van der Waals surface area contributed by atoms with Crippen LogP contribution < -0.4 is 4.74 Å². The molecule has 0 saturated carbocycles. The minimum Gasteiger partial charge on any atom is -0.484 e. The molecular formula is C17H19NO3. The number of carboxylic acid groups (broad SMARTS) is 1. The smallest absolute Gasteiger partial charge is 0.354 e. The van der Waals surface area contributed by atoms with Crippen LogP contribution in [0, 0.1) is 12.8 Å². The van der Waals surface area contributed by atoms with E-state index in [-0.39, 0.29) is 17.7 Å². The lowest BCUT2D eigenvalue weighted by Gasteiger charge is -2.23. The van der Waals surface area contributed by atoms with Crippen LogP contribution in [0.15, 0.2) is 42.6 Å². The number of aromatic carboxylic acids is 1. The fourth-order valence-corrected chi connectivity index (χ4v) is 2.07. The molecule has 0 amide bonds. The molecule has 4 nitrogen and oxygen atoms in total. The van der Waals surface area contributed by atoms with E-state index in [0.717, 1.165) is 5.56 Å². The fraction of sp³-hybridized carbons (Fsp3) is 0.294. The zero-order valence-corrected chi connectivity index (χ0v) is 12.4. The summed E-state index contributed by atoms with van der Waals surface area (Å²) in [5, 5.41) is 8.85. The van der Waals surface area contributed by atoms with Crippen molar-refractivity contribution in [1.82, 2.24) is 4.98 Å². The van der Waals surface area contributed by atoms with E-state index in [4.69, 9.17) is 9.84 Å². The van der Waals surface area contributed by atoms with Gasteiger partial charge in [0.2, 0.25) is 0 Å². The summed E-state index contributed by atoms with van der Waals surface area (Å²) < 4.78 is 5.98. The molecule has 21 heavy (non-hydrogen) atoms. The van der Waals surface area contributed by atoms with Crippen molar-refractivity contribution in [3.05, 3.63) is 59.4 Å². The number of hydrogen-bond donors (Lipinski definition) is 1. The Morgan fingerprint density at radius 1 is 1.14 bits per heavy atom. The van der Waals surface area contributed by atoms with Gasteiger partial charge in [0.05, 0.1) is 6.20 Å². The second kappa shape index (κ2) is 6.39. The molecule has 0 aliphatic rings. The minimum absolute atomic E-state index is 0.0128. The second-order valence-electron chi connectivity index (χ2n) is 5.38. The topological polar surface area (TPSA) is 59.4 Å². The quantitative estimate of drug-likeness (QED) is 0.906. The first-order chi connectivity index (χ1) is 9.97. The van der Waals surface area contributed by atoms with Crippen molar-refractivity contribution < 1.29 is 14.6 Å². The molecule has 0 unspecified atom stereocenters. The van der Waals surface area contributed by atoms with Crippen LogP contribution in [0.5, 0.6) is 5.75 Å². The van der Waals surface area contributed by atoms with Gasteiger partial charge in [-0.15, -0.1) is 0 Å². The van der Waals surface area contributed by atoms with Crippen molar-refractivity contribution in [3.63, 3.8) is 0 Å². The van der Waals surface area contributed by atoms with Crippen LogP contribution in [0.3, 0.4) is 0 Å². The lowest BCUT2D eigenvalue weighted by Crippen LogP contribution is -2.14. The average molecular weight is 285 g/mol. The highest BCUT2D eigenvalue weighted by atomic mass is 16.5. The molecule has 2 aromatic rings. The number of hydrogen-bond acceptors (Lipinski definition) is 3. The zero-order valence-electron chi connectivity index (χ0n) is 12.4. The summed E-state index contributed by atoms with van der Waals surface area (Å²) in [5.41, 5.74) is 2.31. The van der Waals surface area contributed by atoms with E-state index >= 15 is 0 Å². The first kappa shape index (κ1) is 15.0. The zero-order chi connectivity index (χ0) is 15.4. The van der Waals surface area contributed by atoms with E-state index in [2.05, 4.69) is 43.1 Å². The monoisotopic (exact) mass is 285 g/mol. The van der Waals surface area contributed by atoms with E-state index in [1.165, 1.54) is 17.8 Å². The molecule has 4 heteroatoms. The molecule has 0 aliphatic carbocycles. The van der Waals surface area contributed by atoms with Crippen LogP contribution in [0.25, 0.3) is 0 Å². The maximum atomic E-state index is 10.8. The summed E-state index contributed by atoms with van der Waals surface area (Å²) in [4.78, 5) is 14.7. The van der Waals surface area contributed by atoms with E-state index in [1.54, 1.807) is 6.07 Å². The van der Waals surface area contributed by atoms with Crippen molar-refractivity contribution in [2.45, 2.75) is 26.9 Å². The average Bonchev–Trinajstić information content (AvgIpc) is 2.46. The second-order valence-corrected chi connectivity index (χ2v) is 5.38. The van der Waals surface area contributed by atoms with Gasteiger partial charge in [-0.3, -0.25) is 0 Å². The first-order valence-corrected chi connectivity index (χ1v) is 6.90. The third kappa shape index (κ3) is 3.81. The van der Waals surface area contributed by atoms with Crippen molar-refractivity contribution >= 4 is 5.97 Å². The number of benzene rings is 1. The van der Waals surface area contributed by atoms with Gasteiger partial charge in [-0.05, 0) is 30.5 Å². The Hall–Kier alpha value is -2.36. The lowest BCUT2D eigenvalue weighted by molar-refractivity contribution is 0.0690. The highest BCUT2D eigenvalue weighted by Crippen LogP contribution is 2.28. The van der Waals surface area contributed by atoms with E-state index < -0.39 is 5.97 Å². The number of aryl methyl sites for hydroxylation is 1. The molecule has 1 aromatic heterocycles. The van der Waals surface area contributed by atoms with E-state index in [0.29, 0.717) is 5.75 Å². The van der Waals surface area contributed by atoms with Gasteiger partial charge in [0.25, 0.3) is 0 Å². The SMILES string of the molecule is Cc1ccc([C@@H](Oc2ccc(C(=O)O)nc2)C(C)C)cc1. The van der Waals surface area contributed by atoms with Gasteiger partial charge in [-0.2, -0.15) is 0 Å². The third-order valence-corrected chi connectivity index (χ3v) is 3.23. The lowest BCUT2D eigenvalue weighted by atomic mass is 9.98. The molecular weight excluding hydrogens is 266 g/mol. The maximum absolute atomic E-state index is 10.8. The number of nitrogens with zero attached hydrogens (tertiary/aromatic N) is 1. The molecule has 2 rings (SSSR count). The van der Waals surface area contributed by atoms with Gasteiger partial charge in [0.1, 0.15) is 17.5 Å². The molecule has 0 spiro atoms. The van der Waals surface area contributed by atoms with Gasteiger partial charge in [-0.1, -0.05) is 43.7 Å². The Morgan fingerprint density at radius 3 is 2.29 bits per heavy atom. The number of rotatable bonds is 5. The van der Waals surface area contributed by atoms with Gasteiger partial charge in [0, 0.05) is 0 Å². The Labute approximate surface area is 124 Å². The van der Waals surface area contributed by atoms with Crippen molar-refractivity contribution in [2.24, 2.45) is 5.92 Å². The first-order valence-electron chi connectivity index (χ1n) is 6.90. The molecule has 1 heterocycles. The summed E-state index contributed by atoms with van der Waals surface area (Å²) in [5.74, 6) is -0.188. The summed E-state index contributed by atoms with van der Waals surface area (Å²) in [6, 6.07) is 11.3. The van der Waals surface area contributed by atoms with Crippen LogP contribution in [0.1, 0.15) is 41.6 Å². The van der Waals surface area contributed by atoms with Crippen LogP contribution in [0.2, 0.25) is 0 Å². The number of aromatic nitrogens is 1. The molecule has 1 N–H and O–H groups in total. The Bertz CT molecular complexity index is 603. The largest absolute Gasteiger partial charge is 0.484 e. The molecule has 0 fully saturated rings. The van der Waals surface area contributed by atoms with Crippen molar-refractivity contribution in [1.29, 1.82) is 0 Å². The summed E-state index contributed by atoms with van der Waals surface area (Å²) in [6.45, 7) is 6.22. The Morgan fingerprint density at radius 2 is 1.81 bits per heavy atom. The standard InChI is InChI=1S/C17H19NO3/c1-11(2)16(13-6-4-12(3)5-7-13)21-14-8-9-15(17(19)20)18-10-14/h4-11,16H,1-3H3,(H,19,20)/t16-/m0/s1. The van der Waals surface area contributed by atoms with E-state index in [1.807, 2.05) is 6.92 Å². The molecule has 0 aliphatic heterocycles. The summed E-state index contributed by atoms with van der Waals surface area (Å²) in [7, 11) is 0. The van der Waals surface area contributed by atoms with Gasteiger partial charge in [-0.25, -0.2) is 9.78 Å². The fourth-order valence-electron chi connectivity index (χ4n) is 2.07. The van der Waals surface area contributed by atoms with E-state index in [9.17, 15) is 4.79 Å². The number of carbonyl (C=O) groups is 1. The summed E-state index contributed by atoms with van der Waals surface area (Å²) in [6.07, 6.45) is 1.36.